The summed E-state index contributed by atoms with van der Waals surface area (Å²) in [5, 5.41) is 14.1. The first-order chi connectivity index (χ1) is 17.4. The molecule has 2 rings (SSSR count). The van der Waals surface area contributed by atoms with Crippen molar-refractivity contribution >= 4 is 23.6 Å². The Bertz CT molecular complexity index is 1040. The average Bonchev–Trinajstić information content (AvgIpc) is 2.88. The minimum absolute atomic E-state index is 0.0984. The number of halogens is 1. The Kier molecular flexibility index (Phi) is 11.7. The summed E-state index contributed by atoms with van der Waals surface area (Å²) in [7, 11) is 0. The van der Waals surface area contributed by atoms with Gasteiger partial charge in [-0.25, -0.2) is 14.0 Å². The fourth-order valence-electron chi connectivity index (χ4n) is 3.29. The van der Waals surface area contributed by atoms with Crippen LogP contribution in [0, 0.1) is 17.1 Å². The number of benzene rings is 2. The summed E-state index contributed by atoms with van der Waals surface area (Å²) in [5.41, 5.74) is 1.23. The Morgan fingerprint density at radius 1 is 1.08 bits per heavy atom. The number of amides is 3. The molecule has 0 aliphatic rings. The zero-order chi connectivity index (χ0) is 26.3. The number of esters is 1. The van der Waals surface area contributed by atoms with Crippen LogP contribution in [0.25, 0.3) is 0 Å². The van der Waals surface area contributed by atoms with E-state index in [4.69, 9.17) is 14.7 Å². The molecule has 0 saturated heterocycles. The number of hydrogen-bond donors (Lipinski definition) is 2. The van der Waals surface area contributed by atoms with Crippen LogP contribution >= 0.6 is 0 Å². The van der Waals surface area contributed by atoms with Gasteiger partial charge in [0.05, 0.1) is 19.1 Å². The zero-order valence-corrected chi connectivity index (χ0v) is 20.5. The summed E-state index contributed by atoms with van der Waals surface area (Å²) in [4.78, 5) is 39.1. The second-order valence-corrected chi connectivity index (χ2v) is 7.78. The van der Waals surface area contributed by atoms with E-state index in [2.05, 4.69) is 10.6 Å². The Balaban J connectivity index is 1.94. The fourth-order valence-corrected chi connectivity index (χ4v) is 3.29. The van der Waals surface area contributed by atoms with E-state index in [1.54, 1.807) is 36.4 Å². The van der Waals surface area contributed by atoms with Gasteiger partial charge in [-0.3, -0.25) is 4.79 Å². The predicted molar refractivity (Wildman–Crippen MR) is 132 cm³/mol. The van der Waals surface area contributed by atoms with Crippen molar-refractivity contribution < 1.29 is 28.2 Å². The van der Waals surface area contributed by atoms with E-state index in [9.17, 15) is 18.8 Å². The van der Waals surface area contributed by atoms with Crippen molar-refractivity contribution in [3.63, 3.8) is 0 Å². The molecule has 9 nitrogen and oxygen atoms in total. The largest absolute Gasteiger partial charge is 0.494 e. The number of urea groups is 1. The number of nitrogens with one attached hydrogen (secondary N) is 2. The molecule has 3 amide bonds. The monoisotopic (exact) mass is 498 g/mol. The van der Waals surface area contributed by atoms with Crippen LogP contribution in [0.4, 0.5) is 14.9 Å². The summed E-state index contributed by atoms with van der Waals surface area (Å²) in [6.07, 6.45) is 1.00. The van der Waals surface area contributed by atoms with Crippen molar-refractivity contribution in [2.24, 2.45) is 0 Å². The highest BCUT2D eigenvalue weighted by Gasteiger charge is 2.24. The second kappa shape index (κ2) is 15.0. The van der Waals surface area contributed by atoms with Crippen molar-refractivity contribution in [3.05, 3.63) is 59.9 Å². The molecule has 36 heavy (non-hydrogen) atoms. The molecule has 0 spiro atoms. The highest BCUT2D eigenvalue weighted by Crippen LogP contribution is 2.20. The maximum Gasteiger partial charge on any atom is 0.329 e. The lowest BCUT2D eigenvalue weighted by atomic mass is 10.2. The number of anilines is 1. The molecule has 0 saturated carbocycles. The highest BCUT2D eigenvalue weighted by atomic mass is 19.1. The van der Waals surface area contributed by atoms with Crippen molar-refractivity contribution in [1.29, 1.82) is 5.26 Å². The van der Waals surface area contributed by atoms with E-state index < -0.39 is 30.6 Å². The first kappa shape index (κ1) is 28.1. The van der Waals surface area contributed by atoms with E-state index >= 15 is 0 Å². The molecule has 0 heterocycles. The van der Waals surface area contributed by atoms with Crippen LogP contribution < -0.4 is 20.3 Å². The van der Waals surface area contributed by atoms with Gasteiger partial charge < -0.3 is 25.0 Å². The molecule has 10 heteroatoms. The number of nitrogens with zero attached hydrogens (tertiary/aromatic N) is 2. The molecule has 2 aromatic rings. The van der Waals surface area contributed by atoms with Crippen molar-refractivity contribution in [2.75, 3.05) is 24.7 Å². The maximum absolute atomic E-state index is 13.0. The lowest BCUT2D eigenvalue weighted by Gasteiger charge is -2.23. The smallest absolute Gasteiger partial charge is 0.329 e. The molecule has 0 aromatic heterocycles. The van der Waals surface area contributed by atoms with Gasteiger partial charge in [0.15, 0.2) is 6.61 Å². The molecule has 2 N–H and O–H groups in total. The molecule has 0 aliphatic heterocycles. The van der Waals surface area contributed by atoms with Gasteiger partial charge in [0.25, 0.3) is 5.91 Å². The quantitative estimate of drug-likeness (QED) is 0.407. The molecule has 1 atom stereocenters. The van der Waals surface area contributed by atoms with Crippen LogP contribution in [0.15, 0.2) is 48.5 Å². The fraction of sp³-hybridized carbons (Fsp3) is 0.385. The first-order valence-corrected chi connectivity index (χ1v) is 11.7. The summed E-state index contributed by atoms with van der Waals surface area (Å²) in [6.45, 7) is 3.94. The van der Waals surface area contributed by atoms with Crippen molar-refractivity contribution in [1.82, 2.24) is 10.6 Å². The van der Waals surface area contributed by atoms with E-state index in [1.165, 1.54) is 17.0 Å². The van der Waals surface area contributed by atoms with Gasteiger partial charge in [-0.05, 0) is 55.3 Å². The van der Waals surface area contributed by atoms with Gasteiger partial charge in [0.1, 0.15) is 17.6 Å². The van der Waals surface area contributed by atoms with Crippen LogP contribution in [0.3, 0.4) is 0 Å². The second-order valence-electron chi connectivity index (χ2n) is 7.78. The molecule has 192 valence electrons. The molecule has 0 unspecified atom stereocenters. The number of carbonyl (C=O) groups is 3. The molecule has 0 fully saturated rings. The standard InChI is InChI=1S/C26H31FN4O5/c1-3-6-23(30-26(34)29-17-19-7-9-20(27)10-8-19)25(33)36-18-24(32)31(16-5-15-28)21-11-13-22(14-12-21)35-4-2/h7-14,23H,3-6,16-18H2,1-2H3,(H2,29,30,34)/t23-/m0/s1. The third-order valence-corrected chi connectivity index (χ3v) is 5.08. The summed E-state index contributed by atoms with van der Waals surface area (Å²) >= 11 is 0. The predicted octanol–water partition coefficient (Wildman–Crippen LogP) is 3.68. The van der Waals surface area contributed by atoms with E-state index in [0.717, 1.165) is 0 Å². The van der Waals surface area contributed by atoms with Gasteiger partial charge >= 0.3 is 12.0 Å². The van der Waals surface area contributed by atoms with Gasteiger partial charge in [0.2, 0.25) is 0 Å². The highest BCUT2D eigenvalue weighted by molar-refractivity contribution is 5.95. The van der Waals surface area contributed by atoms with Gasteiger partial charge in [-0.2, -0.15) is 5.26 Å². The zero-order valence-electron chi connectivity index (χ0n) is 20.5. The van der Waals surface area contributed by atoms with Gasteiger partial charge in [-0.15, -0.1) is 0 Å². The SMILES string of the molecule is CCC[C@H](NC(=O)NCc1ccc(F)cc1)C(=O)OCC(=O)N(CCC#N)c1ccc(OCC)cc1. The van der Waals surface area contributed by atoms with Crippen LogP contribution in [0.1, 0.15) is 38.7 Å². The molecular weight excluding hydrogens is 467 g/mol. The summed E-state index contributed by atoms with van der Waals surface area (Å²) < 4.78 is 23.6. The summed E-state index contributed by atoms with van der Waals surface area (Å²) in [6, 6.07) is 12.9. The number of carbonyl (C=O) groups excluding carboxylic acids is 3. The Morgan fingerprint density at radius 3 is 2.39 bits per heavy atom. The van der Waals surface area contributed by atoms with Crippen LogP contribution in [0.5, 0.6) is 5.75 Å². The van der Waals surface area contributed by atoms with E-state index in [1.807, 2.05) is 19.9 Å². The van der Waals surface area contributed by atoms with Crippen molar-refractivity contribution in [2.45, 2.75) is 45.7 Å². The van der Waals surface area contributed by atoms with Crippen molar-refractivity contribution in [3.8, 4) is 11.8 Å². The molecule has 0 aliphatic carbocycles. The third kappa shape index (κ3) is 9.25. The minimum atomic E-state index is -0.950. The lowest BCUT2D eigenvalue weighted by Crippen LogP contribution is -2.47. The number of hydrogen-bond acceptors (Lipinski definition) is 6. The summed E-state index contributed by atoms with van der Waals surface area (Å²) in [5.74, 6) is -0.975. The minimum Gasteiger partial charge on any atom is -0.494 e. The molecule has 0 bridgehead atoms. The van der Waals surface area contributed by atoms with Crippen LogP contribution in [-0.4, -0.2) is 43.7 Å². The maximum atomic E-state index is 13.0. The topological polar surface area (TPSA) is 121 Å². The van der Waals surface area contributed by atoms with Crippen LogP contribution in [-0.2, 0) is 20.9 Å². The average molecular weight is 499 g/mol. The first-order valence-electron chi connectivity index (χ1n) is 11.7. The Morgan fingerprint density at radius 2 is 1.78 bits per heavy atom. The molecule has 2 aromatic carbocycles. The molecule has 0 radical (unpaired) electrons. The lowest BCUT2D eigenvalue weighted by molar-refractivity contribution is -0.149. The van der Waals surface area contributed by atoms with Gasteiger partial charge in [0, 0.05) is 18.8 Å². The number of nitriles is 1. The molecular formula is C26H31FN4O5. The Labute approximate surface area is 210 Å². The number of rotatable bonds is 13. The van der Waals surface area contributed by atoms with Crippen LogP contribution in [0.2, 0.25) is 0 Å². The Hall–Kier alpha value is -4.13. The van der Waals surface area contributed by atoms with E-state index in [-0.39, 0.29) is 25.3 Å². The number of ether oxygens (including phenoxy) is 2. The normalized spacial score (nSPS) is 11.1. The van der Waals surface area contributed by atoms with Gasteiger partial charge in [-0.1, -0.05) is 25.5 Å². The third-order valence-electron chi connectivity index (χ3n) is 5.08. The van der Waals surface area contributed by atoms with E-state index in [0.29, 0.717) is 36.4 Å².